The fourth-order valence-corrected chi connectivity index (χ4v) is 3.42. The zero-order chi connectivity index (χ0) is 21.0. The molecule has 1 atom stereocenters. The van der Waals surface area contributed by atoms with E-state index in [1.807, 2.05) is 18.2 Å². The van der Waals surface area contributed by atoms with Gasteiger partial charge in [-0.25, -0.2) is 4.79 Å². The van der Waals surface area contributed by atoms with Crippen molar-refractivity contribution in [1.29, 1.82) is 0 Å². The summed E-state index contributed by atoms with van der Waals surface area (Å²) < 4.78 is 10.7. The number of carbonyl (C=O) groups excluding carboxylic acids is 2. The summed E-state index contributed by atoms with van der Waals surface area (Å²) in [6, 6.07) is 5.59. The van der Waals surface area contributed by atoms with E-state index in [0.717, 1.165) is 10.2 Å². The summed E-state index contributed by atoms with van der Waals surface area (Å²) in [5.41, 5.74) is 7.01. The summed E-state index contributed by atoms with van der Waals surface area (Å²) in [5, 5.41) is 5.95. The van der Waals surface area contributed by atoms with Gasteiger partial charge < -0.3 is 25.1 Å². The molecule has 0 bridgehead atoms. The smallest absolute Gasteiger partial charge is 0.411 e. The zero-order valence-corrected chi connectivity index (χ0v) is 17.7. The van der Waals surface area contributed by atoms with Crippen LogP contribution in [0.2, 0.25) is 0 Å². The molecule has 1 aliphatic heterocycles. The van der Waals surface area contributed by atoms with Crippen LogP contribution in [0.5, 0.6) is 0 Å². The van der Waals surface area contributed by atoms with E-state index in [4.69, 9.17) is 14.9 Å². The maximum Gasteiger partial charge on any atom is 0.411 e. The Morgan fingerprint density at radius 1 is 1.41 bits per heavy atom. The van der Waals surface area contributed by atoms with Crippen LogP contribution < -0.4 is 21.3 Å². The van der Waals surface area contributed by atoms with E-state index in [-0.39, 0.29) is 24.0 Å². The number of rotatable bonds is 5. The van der Waals surface area contributed by atoms with Gasteiger partial charge in [-0.15, -0.1) is 0 Å². The molecule has 0 spiro atoms. The number of likely N-dealkylation sites (N-methyl/N-ethyl adjacent to an activating group) is 1. The number of ether oxygens (including phenoxy) is 1. The Morgan fingerprint density at radius 2 is 2.21 bits per heavy atom. The Hall–Kier alpha value is -2.79. The SMILES string of the molecule is CCOC(=O)N1CCN(c2ccc(Br)c(NC(=O)c3coc(N)n3)c2)CC1NC. The number of hydrogen-bond acceptors (Lipinski definition) is 8. The minimum Gasteiger partial charge on any atom is -0.450 e. The van der Waals surface area contributed by atoms with Gasteiger partial charge in [0.1, 0.15) is 12.4 Å². The summed E-state index contributed by atoms with van der Waals surface area (Å²) in [7, 11) is 1.80. The van der Waals surface area contributed by atoms with Crippen LogP contribution in [0.1, 0.15) is 17.4 Å². The number of nitrogen functional groups attached to an aromatic ring is 1. The van der Waals surface area contributed by atoms with Crippen molar-refractivity contribution in [2.75, 3.05) is 49.2 Å². The number of piperazine rings is 1. The predicted molar refractivity (Wildman–Crippen MR) is 112 cm³/mol. The molecular formula is C18H23BrN6O4. The third-order valence-corrected chi connectivity index (χ3v) is 5.23. The van der Waals surface area contributed by atoms with Gasteiger partial charge in [0.05, 0.1) is 18.8 Å². The highest BCUT2D eigenvalue weighted by molar-refractivity contribution is 9.10. The number of nitrogens with one attached hydrogen (secondary N) is 2. The van der Waals surface area contributed by atoms with Crippen molar-refractivity contribution >= 4 is 45.3 Å². The van der Waals surface area contributed by atoms with Crippen molar-refractivity contribution in [1.82, 2.24) is 15.2 Å². The number of benzene rings is 1. The molecule has 29 heavy (non-hydrogen) atoms. The number of aromatic nitrogens is 1. The average molecular weight is 467 g/mol. The predicted octanol–water partition coefficient (Wildman–Crippen LogP) is 2.10. The Kier molecular flexibility index (Phi) is 6.60. The molecule has 1 aliphatic rings. The van der Waals surface area contributed by atoms with E-state index in [2.05, 4.69) is 36.4 Å². The lowest BCUT2D eigenvalue weighted by Gasteiger charge is -2.41. The first-order valence-corrected chi connectivity index (χ1v) is 9.89. The highest BCUT2D eigenvalue weighted by atomic mass is 79.9. The molecular weight excluding hydrogens is 444 g/mol. The Labute approximate surface area is 176 Å². The summed E-state index contributed by atoms with van der Waals surface area (Å²) in [6.45, 7) is 3.84. The lowest BCUT2D eigenvalue weighted by molar-refractivity contribution is 0.0793. The molecule has 1 aromatic heterocycles. The fourth-order valence-electron chi connectivity index (χ4n) is 3.07. The number of carbonyl (C=O) groups is 2. The van der Waals surface area contributed by atoms with Gasteiger partial charge in [0, 0.05) is 23.2 Å². The molecule has 2 heterocycles. The molecule has 1 fully saturated rings. The molecule has 156 valence electrons. The monoisotopic (exact) mass is 466 g/mol. The van der Waals surface area contributed by atoms with E-state index < -0.39 is 5.91 Å². The number of hydrogen-bond donors (Lipinski definition) is 3. The van der Waals surface area contributed by atoms with Crippen LogP contribution in [0.3, 0.4) is 0 Å². The topological polar surface area (TPSA) is 126 Å². The number of halogens is 1. The largest absolute Gasteiger partial charge is 0.450 e. The number of nitrogens with two attached hydrogens (primary N) is 1. The first-order chi connectivity index (χ1) is 13.9. The summed E-state index contributed by atoms with van der Waals surface area (Å²) in [6.07, 6.45) is 0.680. The van der Waals surface area contributed by atoms with Crippen molar-refractivity contribution in [3.05, 3.63) is 34.6 Å². The molecule has 2 aromatic rings. The van der Waals surface area contributed by atoms with E-state index in [9.17, 15) is 9.59 Å². The van der Waals surface area contributed by atoms with Crippen LogP contribution in [-0.4, -0.2) is 61.3 Å². The van der Waals surface area contributed by atoms with Crippen molar-refractivity contribution in [3.63, 3.8) is 0 Å². The minimum atomic E-state index is -0.427. The van der Waals surface area contributed by atoms with Gasteiger partial charge in [-0.1, -0.05) is 0 Å². The molecule has 11 heteroatoms. The fraction of sp³-hybridized carbons (Fsp3) is 0.389. The second kappa shape index (κ2) is 9.14. The number of anilines is 3. The number of nitrogens with zero attached hydrogens (tertiary/aromatic N) is 3. The molecule has 0 radical (unpaired) electrons. The second-order valence-electron chi connectivity index (χ2n) is 6.33. The lowest BCUT2D eigenvalue weighted by Crippen LogP contribution is -2.60. The van der Waals surface area contributed by atoms with E-state index in [1.165, 1.54) is 6.26 Å². The molecule has 1 aromatic carbocycles. The van der Waals surface area contributed by atoms with Crippen LogP contribution in [-0.2, 0) is 4.74 Å². The molecule has 0 saturated carbocycles. The maximum absolute atomic E-state index is 12.4. The number of amides is 2. The standard InChI is InChI=1S/C18H23BrN6O4/c1-3-28-18(27)25-7-6-24(9-15(25)21-2)11-4-5-12(19)13(8-11)22-16(26)14-10-29-17(20)23-14/h4-5,8,10,15,21H,3,6-7,9H2,1-2H3,(H2,20,23)(H,22,26). The molecule has 0 aliphatic carbocycles. The molecule has 1 unspecified atom stereocenters. The third kappa shape index (κ3) is 4.80. The lowest BCUT2D eigenvalue weighted by atomic mass is 10.2. The van der Waals surface area contributed by atoms with Crippen LogP contribution in [0.4, 0.5) is 22.2 Å². The molecule has 3 rings (SSSR count). The van der Waals surface area contributed by atoms with E-state index in [0.29, 0.717) is 31.9 Å². The normalized spacial score (nSPS) is 16.6. The maximum atomic E-state index is 12.4. The average Bonchev–Trinajstić information content (AvgIpc) is 3.15. The Balaban J connectivity index is 1.74. The van der Waals surface area contributed by atoms with Crippen LogP contribution in [0, 0.1) is 0 Å². The summed E-state index contributed by atoms with van der Waals surface area (Å²) in [5.74, 6) is -0.427. The van der Waals surface area contributed by atoms with Crippen LogP contribution in [0.25, 0.3) is 0 Å². The summed E-state index contributed by atoms with van der Waals surface area (Å²) >= 11 is 3.45. The van der Waals surface area contributed by atoms with Gasteiger partial charge in [0.25, 0.3) is 11.9 Å². The van der Waals surface area contributed by atoms with Crippen molar-refractivity contribution < 1.29 is 18.7 Å². The molecule has 2 amide bonds. The van der Waals surface area contributed by atoms with Gasteiger partial charge in [-0.2, -0.15) is 4.98 Å². The highest BCUT2D eigenvalue weighted by Crippen LogP contribution is 2.29. The second-order valence-corrected chi connectivity index (χ2v) is 7.19. The van der Waals surface area contributed by atoms with Crippen molar-refractivity contribution in [2.24, 2.45) is 0 Å². The van der Waals surface area contributed by atoms with Crippen LogP contribution >= 0.6 is 15.9 Å². The summed E-state index contributed by atoms with van der Waals surface area (Å²) in [4.78, 5) is 32.1. The highest BCUT2D eigenvalue weighted by Gasteiger charge is 2.30. The molecule has 1 saturated heterocycles. The quantitative estimate of drug-likeness (QED) is 0.611. The molecule has 10 nitrogen and oxygen atoms in total. The van der Waals surface area contributed by atoms with E-state index in [1.54, 1.807) is 18.9 Å². The number of oxazole rings is 1. The van der Waals surface area contributed by atoms with Crippen molar-refractivity contribution in [2.45, 2.75) is 13.1 Å². The third-order valence-electron chi connectivity index (χ3n) is 4.53. The minimum absolute atomic E-state index is 0.0689. The van der Waals surface area contributed by atoms with Gasteiger partial charge in [-0.05, 0) is 48.1 Å². The van der Waals surface area contributed by atoms with Gasteiger partial charge in [0.2, 0.25) is 0 Å². The van der Waals surface area contributed by atoms with Gasteiger partial charge in [0.15, 0.2) is 5.69 Å². The Bertz CT molecular complexity index is 889. The zero-order valence-electron chi connectivity index (χ0n) is 16.1. The molecule has 4 N–H and O–H groups in total. The Morgan fingerprint density at radius 3 is 2.86 bits per heavy atom. The van der Waals surface area contributed by atoms with Crippen LogP contribution in [0.15, 0.2) is 33.4 Å². The first kappa shape index (κ1) is 20.9. The first-order valence-electron chi connectivity index (χ1n) is 9.10. The van der Waals surface area contributed by atoms with Crippen molar-refractivity contribution in [3.8, 4) is 0 Å². The van der Waals surface area contributed by atoms with Gasteiger partial charge in [-0.3, -0.25) is 15.0 Å². The van der Waals surface area contributed by atoms with Gasteiger partial charge >= 0.3 is 6.09 Å². The van der Waals surface area contributed by atoms with E-state index >= 15 is 0 Å².